The van der Waals surface area contributed by atoms with Crippen molar-refractivity contribution in [2.24, 2.45) is 0 Å². The molecule has 0 fully saturated rings. The van der Waals surface area contributed by atoms with Crippen molar-refractivity contribution in [2.75, 3.05) is 13.2 Å². The third-order valence-electron chi connectivity index (χ3n) is 3.79. The van der Waals surface area contributed by atoms with Crippen LogP contribution in [0.5, 0.6) is 5.75 Å². The molecule has 1 aromatic carbocycles. The first-order valence-electron chi connectivity index (χ1n) is 8.52. The van der Waals surface area contributed by atoms with E-state index in [9.17, 15) is 22.8 Å². The van der Waals surface area contributed by atoms with Crippen LogP contribution in [0.4, 0.5) is 13.2 Å². The average molecular weight is 423 g/mol. The predicted molar refractivity (Wildman–Crippen MR) is 102 cm³/mol. The second-order valence-corrected chi connectivity index (χ2v) is 6.86. The van der Waals surface area contributed by atoms with Gasteiger partial charge in [0.2, 0.25) is 5.91 Å². The standard InChI is InChI=1S/C19H16F3N3O3S/c20-19(21,22)13-3-1-4-14(11-13)28-9-8-23-17(26)12-25-18(27)7-6-15(24-25)16-5-2-10-29-16/h1-7,10-11H,8-9,12H2,(H,23,26). The molecule has 29 heavy (non-hydrogen) atoms. The summed E-state index contributed by atoms with van der Waals surface area (Å²) in [7, 11) is 0. The van der Waals surface area contributed by atoms with Gasteiger partial charge in [-0.2, -0.15) is 18.3 Å². The predicted octanol–water partition coefficient (Wildman–Crippen LogP) is 3.19. The highest BCUT2D eigenvalue weighted by molar-refractivity contribution is 7.13. The Kier molecular flexibility index (Phi) is 6.32. The molecule has 1 N–H and O–H groups in total. The van der Waals surface area contributed by atoms with Gasteiger partial charge in [0.15, 0.2) is 0 Å². The van der Waals surface area contributed by atoms with Crippen LogP contribution in [0, 0.1) is 0 Å². The Morgan fingerprint density at radius 3 is 2.72 bits per heavy atom. The molecule has 0 atom stereocenters. The van der Waals surface area contributed by atoms with E-state index in [1.54, 1.807) is 6.07 Å². The van der Waals surface area contributed by atoms with Gasteiger partial charge in [-0.15, -0.1) is 11.3 Å². The van der Waals surface area contributed by atoms with Gasteiger partial charge in [0.25, 0.3) is 5.56 Å². The van der Waals surface area contributed by atoms with Gasteiger partial charge < -0.3 is 10.1 Å². The number of rotatable bonds is 7. The fourth-order valence-corrected chi connectivity index (χ4v) is 3.12. The fourth-order valence-electron chi connectivity index (χ4n) is 2.43. The van der Waals surface area contributed by atoms with Crippen LogP contribution in [0.1, 0.15) is 5.56 Å². The maximum atomic E-state index is 12.7. The minimum Gasteiger partial charge on any atom is -0.492 e. The zero-order chi connectivity index (χ0) is 20.9. The van der Waals surface area contributed by atoms with Gasteiger partial charge >= 0.3 is 6.18 Å². The number of benzene rings is 1. The van der Waals surface area contributed by atoms with Crippen LogP contribution in [0.15, 0.2) is 58.7 Å². The van der Waals surface area contributed by atoms with Gasteiger partial charge in [-0.1, -0.05) is 12.1 Å². The van der Waals surface area contributed by atoms with E-state index >= 15 is 0 Å². The number of carbonyl (C=O) groups is 1. The molecule has 10 heteroatoms. The molecule has 2 heterocycles. The Balaban J connectivity index is 1.51. The Morgan fingerprint density at radius 1 is 1.17 bits per heavy atom. The SMILES string of the molecule is O=C(Cn1nc(-c2cccs2)ccc1=O)NCCOc1cccc(C(F)(F)F)c1. The van der Waals surface area contributed by atoms with E-state index in [2.05, 4.69) is 10.4 Å². The fraction of sp³-hybridized carbons (Fsp3) is 0.211. The summed E-state index contributed by atoms with van der Waals surface area (Å²) in [5, 5.41) is 8.60. The van der Waals surface area contributed by atoms with Crippen LogP contribution in [0.25, 0.3) is 10.6 Å². The summed E-state index contributed by atoms with van der Waals surface area (Å²) < 4.78 is 44.3. The number of nitrogens with zero attached hydrogens (tertiary/aromatic N) is 2. The van der Waals surface area contributed by atoms with Crippen molar-refractivity contribution in [3.8, 4) is 16.3 Å². The molecule has 0 saturated heterocycles. The molecule has 3 aromatic rings. The van der Waals surface area contributed by atoms with Crippen molar-refractivity contribution in [3.63, 3.8) is 0 Å². The molecule has 0 aliphatic rings. The maximum Gasteiger partial charge on any atom is 0.416 e. The highest BCUT2D eigenvalue weighted by Crippen LogP contribution is 2.31. The molecule has 0 spiro atoms. The van der Waals surface area contributed by atoms with E-state index in [0.717, 1.165) is 21.7 Å². The molecule has 152 valence electrons. The normalized spacial score (nSPS) is 11.3. The number of alkyl halides is 3. The second kappa shape index (κ2) is 8.91. The lowest BCUT2D eigenvalue weighted by Crippen LogP contribution is -2.35. The number of nitrogens with one attached hydrogen (secondary N) is 1. The van der Waals surface area contributed by atoms with Crippen molar-refractivity contribution in [1.29, 1.82) is 0 Å². The van der Waals surface area contributed by atoms with Crippen LogP contribution in [0.2, 0.25) is 0 Å². The number of aromatic nitrogens is 2. The van der Waals surface area contributed by atoms with Crippen molar-refractivity contribution in [2.45, 2.75) is 12.7 Å². The van der Waals surface area contributed by atoms with Crippen LogP contribution in [-0.2, 0) is 17.5 Å². The summed E-state index contributed by atoms with van der Waals surface area (Å²) in [5.41, 5.74) is -0.643. The molecule has 0 unspecified atom stereocenters. The minimum atomic E-state index is -4.45. The second-order valence-electron chi connectivity index (χ2n) is 5.92. The number of amides is 1. The molecule has 1 amide bonds. The monoisotopic (exact) mass is 423 g/mol. The molecular weight excluding hydrogens is 407 g/mol. The lowest BCUT2D eigenvalue weighted by molar-refractivity contribution is -0.137. The molecule has 3 rings (SSSR count). The van der Waals surface area contributed by atoms with Crippen LogP contribution >= 0.6 is 11.3 Å². The zero-order valence-electron chi connectivity index (χ0n) is 15.0. The molecule has 0 bridgehead atoms. The number of hydrogen-bond donors (Lipinski definition) is 1. The highest BCUT2D eigenvalue weighted by atomic mass is 32.1. The smallest absolute Gasteiger partial charge is 0.416 e. The van der Waals surface area contributed by atoms with Gasteiger partial charge in [0, 0.05) is 6.07 Å². The summed E-state index contributed by atoms with van der Waals surface area (Å²) in [6, 6.07) is 11.1. The molecule has 0 radical (unpaired) electrons. The van der Waals surface area contributed by atoms with E-state index in [0.29, 0.717) is 5.69 Å². The molecule has 6 nitrogen and oxygen atoms in total. The summed E-state index contributed by atoms with van der Waals surface area (Å²) in [5.74, 6) is -0.411. The lowest BCUT2D eigenvalue weighted by atomic mass is 10.2. The molecular formula is C19H16F3N3O3S. The Morgan fingerprint density at radius 2 is 2.00 bits per heavy atom. The molecule has 2 aromatic heterocycles. The number of ether oxygens (including phenoxy) is 1. The number of carbonyl (C=O) groups excluding carboxylic acids is 1. The number of thiophene rings is 1. The minimum absolute atomic E-state index is 0.0232. The van der Waals surface area contributed by atoms with Crippen LogP contribution in [0.3, 0.4) is 0 Å². The Bertz CT molecular complexity index is 1030. The van der Waals surface area contributed by atoms with E-state index < -0.39 is 23.2 Å². The van der Waals surface area contributed by atoms with Crippen LogP contribution in [-0.4, -0.2) is 28.8 Å². The third-order valence-corrected chi connectivity index (χ3v) is 4.68. The first-order chi connectivity index (χ1) is 13.8. The van der Waals surface area contributed by atoms with Gasteiger partial charge in [0.05, 0.1) is 17.0 Å². The first-order valence-corrected chi connectivity index (χ1v) is 9.40. The van der Waals surface area contributed by atoms with Gasteiger partial charge in [-0.25, -0.2) is 4.68 Å². The van der Waals surface area contributed by atoms with E-state index in [-0.39, 0.29) is 25.4 Å². The molecule has 0 aliphatic heterocycles. The maximum absolute atomic E-state index is 12.7. The summed E-state index contributed by atoms with van der Waals surface area (Å²) in [6.45, 7) is -0.235. The number of halogens is 3. The largest absolute Gasteiger partial charge is 0.492 e. The lowest BCUT2D eigenvalue weighted by Gasteiger charge is -2.11. The Hall–Kier alpha value is -3.14. The van der Waals surface area contributed by atoms with E-state index in [4.69, 9.17) is 4.74 Å². The molecule has 0 saturated carbocycles. The third kappa shape index (κ3) is 5.67. The number of hydrogen-bond acceptors (Lipinski definition) is 5. The van der Waals surface area contributed by atoms with Crippen molar-refractivity contribution >= 4 is 17.2 Å². The van der Waals surface area contributed by atoms with E-state index in [1.165, 1.54) is 29.5 Å². The first kappa shape index (κ1) is 20.6. The molecule has 0 aliphatic carbocycles. The summed E-state index contributed by atoms with van der Waals surface area (Å²) in [4.78, 5) is 24.8. The van der Waals surface area contributed by atoms with Crippen molar-refractivity contribution in [1.82, 2.24) is 15.1 Å². The van der Waals surface area contributed by atoms with Gasteiger partial charge in [-0.05, 0) is 35.7 Å². The topological polar surface area (TPSA) is 73.2 Å². The Labute approximate surface area is 167 Å². The highest BCUT2D eigenvalue weighted by Gasteiger charge is 2.30. The average Bonchev–Trinajstić information content (AvgIpc) is 3.21. The quantitative estimate of drug-likeness (QED) is 0.593. The zero-order valence-corrected chi connectivity index (χ0v) is 15.8. The van der Waals surface area contributed by atoms with Gasteiger partial charge in [0.1, 0.15) is 24.6 Å². The van der Waals surface area contributed by atoms with Crippen molar-refractivity contribution in [3.05, 3.63) is 69.8 Å². The van der Waals surface area contributed by atoms with Gasteiger partial charge in [-0.3, -0.25) is 9.59 Å². The van der Waals surface area contributed by atoms with Crippen molar-refractivity contribution < 1.29 is 22.7 Å². The summed E-state index contributed by atoms with van der Waals surface area (Å²) >= 11 is 1.46. The van der Waals surface area contributed by atoms with E-state index in [1.807, 2.05) is 17.5 Å². The van der Waals surface area contributed by atoms with Crippen LogP contribution < -0.4 is 15.6 Å². The summed E-state index contributed by atoms with van der Waals surface area (Å²) in [6.07, 6.45) is -4.45.